The van der Waals surface area contributed by atoms with Crippen molar-refractivity contribution >= 4 is 35.9 Å². The predicted octanol–water partition coefficient (Wildman–Crippen LogP) is 6.64. The highest BCUT2D eigenvalue weighted by molar-refractivity contribution is 5.98. The number of likely N-dealkylation sites (tertiary alicyclic amines) is 2. The number of hydrogen-bond acceptors (Lipinski definition) is 10. The van der Waals surface area contributed by atoms with Crippen LogP contribution in [0.5, 0.6) is 0 Å². The lowest BCUT2D eigenvalue weighted by Gasteiger charge is -2.15. The first-order valence-electron chi connectivity index (χ1n) is 22.1. The number of fused-ring (bicyclic) bond motifs is 6. The van der Waals surface area contributed by atoms with Crippen LogP contribution in [0.25, 0.3) is 45.8 Å². The quantitative estimate of drug-likeness (QED) is 0.163. The summed E-state index contributed by atoms with van der Waals surface area (Å²) in [6, 6.07) is 27.0. The number of esters is 2. The van der Waals surface area contributed by atoms with Crippen molar-refractivity contribution in [2.45, 2.75) is 52.4 Å². The number of H-pyrrole nitrogens is 1. The molecule has 4 aliphatic heterocycles. The van der Waals surface area contributed by atoms with Gasteiger partial charge >= 0.3 is 17.6 Å². The topological polar surface area (TPSA) is 175 Å². The molecule has 6 heterocycles. The van der Waals surface area contributed by atoms with E-state index in [1.165, 1.54) is 4.57 Å². The third-order valence-electron chi connectivity index (χ3n) is 12.1. The fourth-order valence-electron chi connectivity index (χ4n) is 8.74. The maximum atomic E-state index is 12.6. The summed E-state index contributed by atoms with van der Waals surface area (Å²) in [4.78, 5) is 66.4. The van der Waals surface area contributed by atoms with Crippen molar-refractivity contribution in [3.63, 3.8) is 0 Å². The van der Waals surface area contributed by atoms with E-state index in [9.17, 15) is 24.0 Å². The number of carbonyl (C=O) groups excluding carboxylic acids is 4. The minimum absolute atomic E-state index is 0.0647. The molecule has 2 saturated heterocycles. The predicted molar refractivity (Wildman–Crippen MR) is 243 cm³/mol. The number of hydrogen-bond donors (Lipinski definition) is 1. The fourth-order valence-corrected chi connectivity index (χ4v) is 8.74. The van der Waals surface area contributed by atoms with Crippen LogP contribution in [0.1, 0.15) is 83.0 Å². The van der Waals surface area contributed by atoms with Crippen molar-refractivity contribution in [1.29, 1.82) is 0 Å². The smallest absolute Gasteiger partial charge is 0.347 e. The summed E-state index contributed by atoms with van der Waals surface area (Å²) in [7, 11) is 0. The van der Waals surface area contributed by atoms with E-state index >= 15 is 0 Å². The molecule has 1 N–H and O–H groups in total. The monoisotopic (exact) mass is 872 g/mol. The minimum Gasteiger partial charge on any atom is -0.463 e. The molecule has 2 fully saturated rings. The van der Waals surface area contributed by atoms with Gasteiger partial charge in [-0.2, -0.15) is 5.10 Å². The van der Waals surface area contributed by atoms with Gasteiger partial charge in [-0.3, -0.25) is 14.2 Å². The number of aromatic amines is 1. The molecule has 15 heteroatoms. The fraction of sp³-hybridized carbons (Fsp3) is 0.280. The summed E-state index contributed by atoms with van der Waals surface area (Å²) in [5.74, 6) is 0.539. The van der Waals surface area contributed by atoms with E-state index in [1.54, 1.807) is 26.3 Å². The van der Waals surface area contributed by atoms with Crippen LogP contribution in [0, 0.1) is 0 Å². The molecule has 0 atom stereocenters. The van der Waals surface area contributed by atoms with Gasteiger partial charge in [0.05, 0.1) is 24.6 Å². The van der Waals surface area contributed by atoms with Gasteiger partial charge in [-0.15, -0.1) is 10.2 Å². The molecule has 0 bridgehead atoms. The third-order valence-corrected chi connectivity index (χ3v) is 12.1. The van der Waals surface area contributed by atoms with Gasteiger partial charge in [0.15, 0.2) is 0 Å². The standard InChI is InChI=1S/C25H24N4O4.C25H24N4O3/c1-2-33-24(31)20-14-19-13-18(9-10-21(19)29-22(15-20)26-27-25(29)32)16-5-7-17(8-6-16)23(30)28-11-3-4-12-28;1-2-32-25(31)21-14-20-13-19(9-10-22(20)29-16-26-27-23(29)15-21)17-5-7-18(8-6-17)24(30)28-11-3-4-12-28/h5-10,13-14H,2-4,11-12,15H2,1H3,(H,27,32);5-10,13-14,16H,2-4,11-12,15H2,1H3. The second-order valence-corrected chi connectivity index (χ2v) is 16.2. The van der Waals surface area contributed by atoms with Gasteiger partial charge < -0.3 is 19.3 Å². The molecule has 4 aromatic carbocycles. The molecular weight excluding hydrogens is 825 g/mol. The van der Waals surface area contributed by atoms with E-state index in [0.717, 1.165) is 90.9 Å². The lowest BCUT2D eigenvalue weighted by molar-refractivity contribution is -0.139. The van der Waals surface area contributed by atoms with Gasteiger partial charge in [-0.05, 0) is 134 Å². The maximum absolute atomic E-state index is 12.6. The summed E-state index contributed by atoms with van der Waals surface area (Å²) < 4.78 is 13.8. The molecule has 4 aliphatic rings. The van der Waals surface area contributed by atoms with E-state index in [4.69, 9.17) is 9.47 Å². The van der Waals surface area contributed by atoms with Crippen molar-refractivity contribution in [3.05, 3.63) is 147 Å². The van der Waals surface area contributed by atoms with Crippen LogP contribution in [0.3, 0.4) is 0 Å². The highest BCUT2D eigenvalue weighted by atomic mass is 16.5. The molecule has 0 radical (unpaired) electrons. The van der Waals surface area contributed by atoms with Crippen molar-refractivity contribution in [2.24, 2.45) is 0 Å². The summed E-state index contributed by atoms with van der Waals surface area (Å²) in [6.45, 7) is 7.44. The number of aromatic nitrogens is 6. The molecule has 6 aromatic rings. The van der Waals surface area contributed by atoms with E-state index < -0.39 is 5.97 Å². The van der Waals surface area contributed by atoms with E-state index in [2.05, 4.69) is 20.4 Å². The van der Waals surface area contributed by atoms with Gasteiger partial charge in [-0.1, -0.05) is 36.4 Å². The summed E-state index contributed by atoms with van der Waals surface area (Å²) in [6.07, 6.45) is 10.1. The van der Waals surface area contributed by atoms with Crippen LogP contribution < -0.4 is 5.69 Å². The number of nitrogens with zero attached hydrogens (tertiary/aromatic N) is 7. The van der Waals surface area contributed by atoms with Crippen LogP contribution in [-0.4, -0.2) is 102 Å². The maximum Gasteiger partial charge on any atom is 0.347 e. The Morgan fingerprint density at radius 2 is 1.06 bits per heavy atom. The van der Waals surface area contributed by atoms with Crippen molar-refractivity contribution < 1.29 is 28.7 Å². The summed E-state index contributed by atoms with van der Waals surface area (Å²) in [5.41, 5.74) is 9.02. The zero-order chi connectivity index (χ0) is 45.0. The largest absolute Gasteiger partial charge is 0.463 e. The SMILES string of the molecule is CCOC(=O)C1=Cc2cc(-c3ccc(C(=O)N4CCCC4)cc3)ccc2-n2c(n[nH]c2=O)C1.CCOC(=O)C1=Cc2cc(-c3ccc(C(=O)N4CCCC4)cc3)ccc2-n2cnnc2C1. The number of rotatable bonds is 8. The number of benzene rings is 4. The Balaban J connectivity index is 0.000000164. The normalized spacial score (nSPS) is 14.9. The summed E-state index contributed by atoms with van der Waals surface area (Å²) in [5, 5.41) is 14.8. The molecule has 0 spiro atoms. The molecule has 0 unspecified atom stereocenters. The zero-order valence-electron chi connectivity index (χ0n) is 36.3. The highest BCUT2D eigenvalue weighted by Gasteiger charge is 2.25. The Hall–Kier alpha value is -7.68. The van der Waals surface area contributed by atoms with Gasteiger partial charge in [0.1, 0.15) is 18.0 Å². The van der Waals surface area contributed by atoms with E-state index in [1.807, 2.05) is 105 Å². The van der Waals surface area contributed by atoms with Crippen LogP contribution in [0.2, 0.25) is 0 Å². The lowest BCUT2D eigenvalue weighted by atomic mass is 9.99. The number of amides is 2. The Morgan fingerprint density at radius 3 is 1.57 bits per heavy atom. The van der Waals surface area contributed by atoms with Crippen molar-refractivity contribution in [3.8, 4) is 33.6 Å². The first-order valence-corrected chi connectivity index (χ1v) is 22.1. The number of ether oxygens (including phenoxy) is 2. The highest BCUT2D eigenvalue weighted by Crippen LogP contribution is 2.32. The Labute approximate surface area is 375 Å². The lowest BCUT2D eigenvalue weighted by Crippen LogP contribution is -2.27. The van der Waals surface area contributed by atoms with Gasteiger partial charge in [0.2, 0.25) is 0 Å². The first kappa shape index (κ1) is 42.6. The van der Waals surface area contributed by atoms with Crippen LogP contribution >= 0.6 is 0 Å². The van der Waals surface area contributed by atoms with Gasteiger partial charge in [-0.25, -0.2) is 24.0 Å². The van der Waals surface area contributed by atoms with Crippen LogP contribution in [-0.2, 0) is 31.9 Å². The second kappa shape index (κ2) is 18.6. The van der Waals surface area contributed by atoms with Gasteiger partial charge in [0.25, 0.3) is 11.8 Å². The number of carbonyl (C=O) groups is 4. The molecule has 65 heavy (non-hydrogen) atoms. The summed E-state index contributed by atoms with van der Waals surface area (Å²) >= 11 is 0. The molecule has 2 amide bonds. The molecular formula is C50H48N8O7. The minimum atomic E-state index is -0.428. The first-order chi connectivity index (χ1) is 31.7. The Bertz CT molecular complexity index is 2910. The second-order valence-electron chi connectivity index (χ2n) is 16.2. The molecule has 0 aliphatic carbocycles. The number of nitrogens with one attached hydrogen (secondary N) is 1. The molecule has 330 valence electrons. The van der Waals surface area contributed by atoms with E-state index in [-0.39, 0.29) is 36.5 Å². The average molecular weight is 873 g/mol. The van der Waals surface area contributed by atoms with Crippen LogP contribution in [0.15, 0.2) is 107 Å². The molecule has 2 aromatic heterocycles. The average Bonchev–Trinajstić information content (AvgIpc) is 4.18. The van der Waals surface area contributed by atoms with Crippen molar-refractivity contribution in [2.75, 3.05) is 39.4 Å². The molecule has 0 saturated carbocycles. The third kappa shape index (κ3) is 8.81. The van der Waals surface area contributed by atoms with Crippen LogP contribution in [0.4, 0.5) is 0 Å². The zero-order valence-corrected chi connectivity index (χ0v) is 36.3. The van der Waals surface area contributed by atoms with Crippen molar-refractivity contribution in [1.82, 2.24) is 39.3 Å². The Morgan fingerprint density at radius 1 is 0.600 bits per heavy atom. The Kier molecular flexibility index (Phi) is 12.2. The van der Waals surface area contributed by atoms with Gasteiger partial charge in [0, 0.05) is 61.3 Å². The molecule has 15 nitrogen and oxygen atoms in total. The molecule has 10 rings (SSSR count). The van der Waals surface area contributed by atoms with E-state index in [0.29, 0.717) is 52.6 Å².